The average Bonchev–Trinajstić information content (AvgIpc) is 2.41. The normalized spacial score (nSPS) is 10.0. The van der Waals surface area contributed by atoms with E-state index < -0.39 is 5.97 Å². The summed E-state index contributed by atoms with van der Waals surface area (Å²) in [5.41, 5.74) is 0.158. The Morgan fingerprint density at radius 3 is 2.79 bits per heavy atom. The Labute approximate surface area is 123 Å². The van der Waals surface area contributed by atoms with Crippen LogP contribution in [-0.2, 0) is 0 Å². The van der Waals surface area contributed by atoms with Gasteiger partial charge >= 0.3 is 5.97 Å². The molecule has 0 saturated heterocycles. The van der Waals surface area contributed by atoms with Crippen molar-refractivity contribution in [3.05, 3.63) is 45.7 Å². The molecule has 0 unspecified atom stereocenters. The number of pyridine rings is 1. The molecule has 0 amide bonds. The van der Waals surface area contributed by atoms with Crippen molar-refractivity contribution in [2.45, 2.75) is 0 Å². The topological polar surface area (TPSA) is 68.7 Å². The maximum Gasteiger partial charge on any atom is 0.335 e. The van der Waals surface area contributed by atoms with Gasteiger partial charge in [-0.05, 0) is 52.9 Å². The van der Waals surface area contributed by atoms with Gasteiger partial charge in [0.2, 0.25) is 0 Å². The molecule has 1 aromatic carbocycles. The quantitative estimate of drug-likeness (QED) is 0.837. The average molecular weight is 371 g/mol. The van der Waals surface area contributed by atoms with Crippen molar-refractivity contribution in [3.63, 3.8) is 0 Å². The number of hydrogen-bond donors (Lipinski definition) is 1. The molecule has 1 heterocycles. The van der Waals surface area contributed by atoms with E-state index >= 15 is 0 Å². The SMILES string of the molecule is COc1cccnc1Oc1cc(C(=O)O)ccc1I. The van der Waals surface area contributed by atoms with Crippen LogP contribution in [-0.4, -0.2) is 23.2 Å². The van der Waals surface area contributed by atoms with Crippen LogP contribution in [0, 0.1) is 3.57 Å². The molecular formula is C13H10INO4. The molecule has 0 fully saturated rings. The largest absolute Gasteiger partial charge is 0.491 e. The van der Waals surface area contributed by atoms with Crippen LogP contribution in [0.3, 0.4) is 0 Å². The minimum absolute atomic E-state index is 0.158. The van der Waals surface area contributed by atoms with Crippen LogP contribution in [0.4, 0.5) is 0 Å². The number of nitrogens with zero attached hydrogens (tertiary/aromatic N) is 1. The molecule has 0 aliphatic carbocycles. The number of aromatic carboxylic acids is 1. The third-order valence-electron chi connectivity index (χ3n) is 2.34. The highest BCUT2D eigenvalue weighted by molar-refractivity contribution is 14.1. The lowest BCUT2D eigenvalue weighted by molar-refractivity contribution is 0.0696. The number of rotatable bonds is 4. The fourth-order valence-corrected chi connectivity index (χ4v) is 1.87. The standard InChI is InChI=1S/C13H10INO4/c1-18-10-3-2-6-15-12(10)19-11-7-8(13(16)17)4-5-9(11)14/h2-7H,1H3,(H,16,17). The molecule has 0 saturated carbocycles. The molecule has 0 spiro atoms. The number of carboxylic acid groups (broad SMARTS) is 1. The van der Waals surface area contributed by atoms with Gasteiger partial charge in [-0.3, -0.25) is 0 Å². The first-order valence-corrected chi connectivity index (χ1v) is 6.39. The summed E-state index contributed by atoms with van der Waals surface area (Å²) in [6, 6.07) is 8.10. The van der Waals surface area contributed by atoms with Gasteiger partial charge in [0, 0.05) is 6.20 Å². The predicted octanol–water partition coefficient (Wildman–Crippen LogP) is 3.19. The number of carboxylic acids is 1. The number of aromatic nitrogens is 1. The van der Waals surface area contributed by atoms with Gasteiger partial charge in [0.05, 0.1) is 16.2 Å². The van der Waals surface area contributed by atoms with Crippen LogP contribution in [0.15, 0.2) is 36.5 Å². The van der Waals surface area contributed by atoms with E-state index in [2.05, 4.69) is 27.6 Å². The summed E-state index contributed by atoms with van der Waals surface area (Å²) in [6.45, 7) is 0. The van der Waals surface area contributed by atoms with E-state index in [4.69, 9.17) is 14.6 Å². The number of carbonyl (C=O) groups is 1. The predicted molar refractivity (Wildman–Crippen MR) is 77.0 cm³/mol. The van der Waals surface area contributed by atoms with E-state index in [0.717, 1.165) is 3.57 Å². The molecule has 1 aromatic heterocycles. The molecule has 98 valence electrons. The van der Waals surface area contributed by atoms with Crippen molar-refractivity contribution in [2.75, 3.05) is 7.11 Å². The van der Waals surface area contributed by atoms with Gasteiger partial charge in [0.15, 0.2) is 5.75 Å². The number of hydrogen-bond acceptors (Lipinski definition) is 4. The first-order valence-electron chi connectivity index (χ1n) is 5.31. The van der Waals surface area contributed by atoms with Gasteiger partial charge in [-0.15, -0.1) is 0 Å². The second-order valence-electron chi connectivity index (χ2n) is 3.56. The first-order chi connectivity index (χ1) is 9.11. The lowest BCUT2D eigenvalue weighted by atomic mass is 10.2. The van der Waals surface area contributed by atoms with E-state index in [1.165, 1.54) is 19.2 Å². The van der Waals surface area contributed by atoms with E-state index in [-0.39, 0.29) is 5.56 Å². The fraction of sp³-hybridized carbons (Fsp3) is 0.0769. The van der Waals surface area contributed by atoms with Crippen molar-refractivity contribution >= 4 is 28.6 Å². The van der Waals surface area contributed by atoms with Crippen LogP contribution in [0.1, 0.15) is 10.4 Å². The number of methoxy groups -OCH3 is 1. The maximum absolute atomic E-state index is 10.9. The van der Waals surface area contributed by atoms with Gasteiger partial charge in [-0.2, -0.15) is 0 Å². The summed E-state index contributed by atoms with van der Waals surface area (Å²) in [4.78, 5) is 15.0. The molecule has 0 atom stereocenters. The Bertz CT molecular complexity index is 615. The molecule has 0 aliphatic rings. The summed E-state index contributed by atoms with van der Waals surface area (Å²) in [5.74, 6) is 0.205. The molecule has 1 N–H and O–H groups in total. The fourth-order valence-electron chi connectivity index (χ4n) is 1.43. The molecule has 19 heavy (non-hydrogen) atoms. The number of halogens is 1. The summed E-state index contributed by atoms with van der Waals surface area (Å²) >= 11 is 2.06. The first kappa shape index (κ1) is 13.6. The van der Waals surface area contributed by atoms with Crippen LogP contribution < -0.4 is 9.47 Å². The van der Waals surface area contributed by atoms with E-state index in [0.29, 0.717) is 17.4 Å². The lowest BCUT2D eigenvalue weighted by Gasteiger charge is -2.10. The maximum atomic E-state index is 10.9. The molecule has 6 heteroatoms. The summed E-state index contributed by atoms with van der Waals surface area (Å²) in [7, 11) is 1.52. The van der Waals surface area contributed by atoms with E-state index in [1.54, 1.807) is 24.4 Å². The summed E-state index contributed by atoms with van der Waals surface area (Å²) in [5, 5.41) is 8.97. The second kappa shape index (κ2) is 5.87. The highest BCUT2D eigenvalue weighted by Gasteiger charge is 2.12. The van der Waals surface area contributed by atoms with Crippen LogP contribution in [0.25, 0.3) is 0 Å². The van der Waals surface area contributed by atoms with Crippen molar-refractivity contribution in [1.82, 2.24) is 4.98 Å². The molecule has 0 radical (unpaired) electrons. The zero-order valence-corrected chi connectivity index (χ0v) is 12.1. The van der Waals surface area contributed by atoms with Crippen molar-refractivity contribution in [1.29, 1.82) is 0 Å². The Morgan fingerprint density at radius 1 is 1.32 bits per heavy atom. The van der Waals surface area contributed by atoms with Crippen LogP contribution >= 0.6 is 22.6 Å². The zero-order chi connectivity index (χ0) is 13.8. The molecule has 2 aromatic rings. The van der Waals surface area contributed by atoms with Crippen LogP contribution in [0.2, 0.25) is 0 Å². The second-order valence-corrected chi connectivity index (χ2v) is 4.73. The van der Waals surface area contributed by atoms with Crippen LogP contribution in [0.5, 0.6) is 17.4 Å². The van der Waals surface area contributed by atoms with Crippen molar-refractivity contribution in [2.24, 2.45) is 0 Å². The van der Waals surface area contributed by atoms with Crippen molar-refractivity contribution < 1.29 is 19.4 Å². The number of ether oxygens (including phenoxy) is 2. The third-order valence-corrected chi connectivity index (χ3v) is 3.23. The van der Waals surface area contributed by atoms with Gasteiger partial charge in [0.25, 0.3) is 5.88 Å². The van der Waals surface area contributed by atoms with E-state index in [9.17, 15) is 4.79 Å². The Morgan fingerprint density at radius 2 is 2.11 bits per heavy atom. The Hall–Kier alpha value is -1.83. The lowest BCUT2D eigenvalue weighted by Crippen LogP contribution is -1.99. The van der Waals surface area contributed by atoms with Gasteiger partial charge in [-0.1, -0.05) is 0 Å². The minimum atomic E-state index is -1.01. The monoisotopic (exact) mass is 371 g/mol. The third kappa shape index (κ3) is 3.14. The Balaban J connectivity index is 2.37. The molecule has 0 bridgehead atoms. The van der Waals surface area contributed by atoms with Gasteiger partial charge < -0.3 is 14.6 Å². The minimum Gasteiger partial charge on any atom is -0.491 e. The molecule has 5 nitrogen and oxygen atoms in total. The highest BCUT2D eigenvalue weighted by Crippen LogP contribution is 2.31. The zero-order valence-electron chi connectivity index (χ0n) is 9.96. The van der Waals surface area contributed by atoms with Gasteiger partial charge in [-0.25, -0.2) is 9.78 Å². The highest BCUT2D eigenvalue weighted by atomic mass is 127. The number of benzene rings is 1. The summed E-state index contributed by atoms with van der Waals surface area (Å²) in [6.07, 6.45) is 1.58. The summed E-state index contributed by atoms with van der Waals surface area (Å²) < 4.78 is 11.5. The Kier molecular flexibility index (Phi) is 4.20. The van der Waals surface area contributed by atoms with Gasteiger partial charge in [0.1, 0.15) is 5.75 Å². The molecule has 2 rings (SSSR count). The molecule has 0 aliphatic heterocycles. The smallest absolute Gasteiger partial charge is 0.335 e. The van der Waals surface area contributed by atoms with E-state index in [1.807, 2.05) is 0 Å². The van der Waals surface area contributed by atoms with Crippen molar-refractivity contribution in [3.8, 4) is 17.4 Å². The molecular weight excluding hydrogens is 361 g/mol.